The van der Waals surface area contributed by atoms with E-state index in [2.05, 4.69) is 36.2 Å². The molecule has 2 aromatic rings. The second kappa shape index (κ2) is 3.13. The fraction of sp³-hybridized carbons (Fsp3) is 0.111. The van der Waals surface area contributed by atoms with Crippen molar-refractivity contribution in [3.63, 3.8) is 0 Å². The Morgan fingerprint density at radius 2 is 1.91 bits per heavy atom. The Labute approximate surface area is 76.6 Å². The van der Waals surface area contributed by atoms with Gasteiger partial charge in [-0.2, -0.15) is 0 Å². The van der Waals surface area contributed by atoms with Gasteiger partial charge >= 0.3 is 0 Å². The maximum Gasteiger partial charge on any atom is 0.0455 e. The standard InChI is InChI=1S/C9H9N.Al/c1-7-6-8-4-2-3-5-9(8)10-7;/h2-6,10H,1H3;. The topological polar surface area (TPSA) is 15.8 Å². The van der Waals surface area contributed by atoms with Crippen LogP contribution in [0.25, 0.3) is 10.9 Å². The average molecular weight is 158 g/mol. The van der Waals surface area contributed by atoms with Crippen molar-refractivity contribution in [3.8, 4) is 0 Å². The molecule has 0 spiro atoms. The molecule has 0 saturated carbocycles. The van der Waals surface area contributed by atoms with E-state index in [1.807, 2.05) is 6.07 Å². The molecule has 3 radical (unpaired) electrons. The fourth-order valence-electron chi connectivity index (χ4n) is 1.22. The number of aryl methyl sites for hydroxylation is 1. The van der Waals surface area contributed by atoms with E-state index in [4.69, 9.17) is 0 Å². The molecule has 0 aliphatic carbocycles. The van der Waals surface area contributed by atoms with Crippen LogP contribution >= 0.6 is 0 Å². The van der Waals surface area contributed by atoms with Gasteiger partial charge in [-0.05, 0) is 24.4 Å². The molecule has 0 amide bonds. The number of aromatic amines is 1. The quantitative estimate of drug-likeness (QED) is 0.565. The summed E-state index contributed by atoms with van der Waals surface area (Å²) >= 11 is 0. The third-order valence-electron chi connectivity index (χ3n) is 1.66. The van der Waals surface area contributed by atoms with Gasteiger partial charge < -0.3 is 4.98 Å². The van der Waals surface area contributed by atoms with Gasteiger partial charge in [0.25, 0.3) is 0 Å². The number of para-hydroxylation sites is 1. The molecule has 2 heteroatoms. The van der Waals surface area contributed by atoms with Crippen LogP contribution in [0.1, 0.15) is 5.69 Å². The number of nitrogens with one attached hydrogen (secondary N) is 1. The summed E-state index contributed by atoms with van der Waals surface area (Å²) in [5.74, 6) is 0. The van der Waals surface area contributed by atoms with Gasteiger partial charge in [-0.25, -0.2) is 0 Å². The molecule has 0 fully saturated rings. The molecule has 1 nitrogen and oxygen atoms in total. The van der Waals surface area contributed by atoms with Crippen molar-refractivity contribution in [1.82, 2.24) is 4.98 Å². The lowest BCUT2D eigenvalue weighted by atomic mass is 10.2. The number of fused-ring (bicyclic) bond motifs is 1. The van der Waals surface area contributed by atoms with Gasteiger partial charge in [-0.15, -0.1) is 0 Å². The number of hydrogen-bond acceptors (Lipinski definition) is 0. The molecule has 1 heterocycles. The summed E-state index contributed by atoms with van der Waals surface area (Å²) in [4.78, 5) is 3.26. The average Bonchev–Trinajstić information content (AvgIpc) is 2.27. The Morgan fingerprint density at radius 3 is 2.64 bits per heavy atom. The number of hydrogen-bond donors (Lipinski definition) is 1. The van der Waals surface area contributed by atoms with Crippen LogP contribution in [0.2, 0.25) is 0 Å². The van der Waals surface area contributed by atoms with E-state index in [-0.39, 0.29) is 17.4 Å². The van der Waals surface area contributed by atoms with Crippen molar-refractivity contribution in [2.45, 2.75) is 6.92 Å². The molecule has 0 aliphatic heterocycles. The highest BCUT2D eigenvalue weighted by molar-refractivity contribution is 5.79. The zero-order chi connectivity index (χ0) is 6.97. The summed E-state index contributed by atoms with van der Waals surface area (Å²) < 4.78 is 0. The molecule has 53 valence electrons. The van der Waals surface area contributed by atoms with Gasteiger partial charge in [0.15, 0.2) is 0 Å². The molecule has 2 rings (SSSR count). The zero-order valence-corrected chi connectivity index (χ0v) is 7.62. The number of rotatable bonds is 0. The number of aromatic nitrogens is 1. The lowest BCUT2D eigenvalue weighted by Gasteiger charge is -1.83. The van der Waals surface area contributed by atoms with Gasteiger partial charge in [0.05, 0.1) is 0 Å². The van der Waals surface area contributed by atoms with Gasteiger partial charge in [-0.3, -0.25) is 0 Å². The van der Waals surface area contributed by atoms with Gasteiger partial charge in [0, 0.05) is 28.6 Å². The SMILES string of the molecule is Cc1cc2ccccc2[nH]1.[Al]. The van der Waals surface area contributed by atoms with Crippen molar-refractivity contribution in [2.75, 3.05) is 0 Å². The van der Waals surface area contributed by atoms with Crippen LogP contribution in [-0.4, -0.2) is 22.3 Å². The minimum absolute atomic E-state index is 0. The first-order valence-corrected chi connectivity index (χ1v) is 3.40. The normalized spacial score (nSPS) is 9.55. The Balaban J connectivity index is 0.000000605. The van der Waals surface area contributed by atoms with Crippen molar-refractivity contribution in [2.24, 2.45) is 0 Å². The first-order chi connectivity index (χ1) is 4.86. The summed E-state index contributed by atoms with van der Waals surface area (Å²) in [5, 5.41) is 1.29. The molecule has 0 atom stereocenters. The summed E-state index contributed by atoms with van der Waals surface area (Å²) in [7, 11) is 0. The highest BCUT2D eigenvalue weighted by Gasteiger charge is 1.92. The summed E-state index contributed by atoms with van der Waals surface area (Å²) in [6.45, 7) is 2.07. The van der Waals surface area contributed by atoms with Crippen LogP contribution < -0.4 is 0 Å². The number of benzene rings is 1. The third-order valence-corrected chi connectivity index (χ3v) is 1.66. The molecular formula is C9H9AlN. The monoisotopic (exact) mass is 158 g/mol. The molecule has 11 heavy (non-hydrogen) atoms. The van der Waals surface area contributed by atoms with E-state index in [1.165, 1.54) is 16.6 Å². The molecular weight excluding hydrogens is 149 g/mol. The first kappa shape index (κ1) is 8.39. The van der Waals surface area contributed by atoms with Crippen LogP contribution in [0.4, 0.5) is 0 Å². The van der Waals surface area contributed by atoms with E-state index in [0.717, 1.165) is 0 Å². The first-order valence-electron chi connectivity index (χ1n) is 3.40. The van der Waals surface area contributed by atoms with Crippen molar-refractivity contribution < 1.29 is 0 Å². The predicted molar refractivity (Wildman–Crippen MR) is 48.8 cm³/mol. The lowest BCUT2D eigenvalue weighted by Crippen LogP contribution is -1.65. The van der Waals surface area contributed by atoms with Crippen LogP contribution in [0.15, 0.2) is 30.3 Å². The zero-order valence-electron chi connectivity index (χ0n) is 6.46. The van der Waals surface area contributed by atoms with Crippen LogP contribution in [0, 0.1) is 6.92 Å². The maximum atomic E-state index is 3.26. The summed E-state index contributed by atoms with van der Waals surface area (Å²) in [6, 6.07) is 10.4. The Bertz CT molecular complexity index is 318. The van der Waals surface area contributed by atoms with Crippen molar-refractivity contribution in [3.05, 3.63) is 36.0 Å². The van der Waals surface area contributed by atoms with E-state index >= 15 is 0 Å². The Hall–Kier alpha value is -0.708. The van der Waals surface area contributed by atoms with Gasteiger partial charge in [0.2, 0.25) is 0 Å². The molecule has 0 unspecified atom stereocenters. The highest BCUT2D eigenvalue weighted by Crippen LogP contribution is 2.12. The van der Waals surface area contributed by atoms with E-state index < -0.39 is 0 Å². The highest BCUT2D eigenvalue weighted by atomic mass is 27.0. The maximum absolute atomic E-state index is 3.26. The van der Waals surface area contributed by atoms with Gasteiger partial charge in [0.1, 0.15) is 0 Å². The third kappa shape index (κ3) is 1.48. The van der Waals surface area contributed by atoms with E-state index in [9.17, 15) is 0 Å². The largest absolute Gasteiger partial charge is 0.359 e. The fourth-order valence-corrected chi connectivity index (χ4v) is 1.22. The van der Waals surface area contributed by atoms with Crippen LogP contribution in [-0.2, 0) is 0 Å². The molecule has 0 bridgehead atoms. The molecule has 1 aromatic carbocycles. The van der Waals surface area contributed by atoms with Crippen LogP contribution in [0.3, 0.4) is 0 Å². The van der Waals surface area contributed by atoms with Crippen molar-refractivity contribution in [1.29, 1.82) is 0 Å². The van der Waals surface area contributed by atoms with Crippen molar-refractivity contribution >= 4 is 28.3 Å². The summed E-state index contributed by atoms with van der Waals surface area (Å²) in [5.41, 5.74) is 2.45. The predicted octanol–water partition coefficient (Wildman–Crippen LogP) is 2.10. The Morgan fingerprint density at radius 1 is 1.18 bits per heavy atom. The minimum atomic E-state index is 0. The Kier molecular flexibility index (Phi) is 2.39. The molecule has 0 saturated heterocycles. The summed E-state index contributed by atoms with van der Waals surface area (Å²) in [6.07, 6.45) is 0. The molecule has 1 aromatic heterocycles. The lowest BCUT2D eigenvalue weighted by molar-refractivity contribution is 1.30. The van der Waals surface area contributed by atoms with Gasteiger partial charge in [-0.1, -0.05) is 18.2 Å². The number of H-pyrrole nitrogens is 1. The molecule has 0 aliphatic rings. The second-order valence-electron chi connectivity index (χ2n) is 2.54. The molecule has 1 N–H and O–H groups in total. The van der Waals surface area contributed by atoms with E-state index in [0.29, 0.717) is 0 Å². The van der Waals surface area contributed by atoms with E-state index in [1.54, 1.807) is 0 Å². The minimum Gasteiger partial charge on any atom is -0.359 e. The second-order valence-corrected chi connectivity index (χ2v) is 2.54. The smallest absolute Gasteiger partial charge is 0.0455 e. The van der Waals surface area contributed by atoms with Crippen LogP contribution in [0.5, 0.6) is 0 Å².